The average molecular weight is 242 g/mol. The molecule has 0 aliphatic rings. The Bertz CT molecular complexity index is 288. The van der Waals surface area contributed by atoms with Crippen LogP contribution in [0.4, 0.5) is 0 Å². The molecule has 0 aliphatic heterocycles. The summed E-state index contributed by atoms with van der Waals surface area (Å²) in [6.45, 7) is 5.92. The van der Waals surface area contributed by atoms with Crippen molar-refractivity contribution in [2.24, 2.45) is 0 Å². The molecule has 1 aromatic heterocycles. The van der Waals surface area contributed by atoms with Crippen LogP contribution in [-0.4, -0.2) is 25.2 Å². The van der Waals surface area contributed by atoms with E-state index in [4.69, 9.17) is 4.74 Å². The first-order valence-electron chi connectivity index (χ1n) is 5.92. The summed E-state index contributed by atoms with van der Waals surface area (Å²) in [6, 6.07) is 0.397. The van der Waals surface area contributed by atoms with Crippen LogP contribution in [0.25, 0.3) is 0 Å². The van der Waals surface area contributed by atoms with Crippen LogP contribution < -0.4 is 5.32 Å². The molecule has 0 bridgehead atoms. The second-order valence-corrected chi connectivity index (χ2v) is 4.86. The van der Waals surface area contributed by atoms with Crippen molar-refractivity contribution in [3.8, 4) is 0 Å². The minimum absolute atomic E-state index is 0.397. The van der Waals surface area contributed by atoms with E-state index in [1.807, 2.05) is 6.92 Å². The molecule has 1 heterocycles. The van der Waals surface area contributed by atoms with E-state index in [-0.39, 0.29) is 0 Å². The molecule has 0 saturated heterocycles. The molecule has 0 radical (unpaired) electrons. The smallest absolute Gasteiger partial charge is 0.110 e. The number of thiazole rings is 1. The molecule has 0 aliphatic carbocycles. The Morgan fingerprint density at radius 2 is 2.38 bits per heavy atom. The predicted octanol–water partition coefficient (Wildman–Crippen LogP) is 2.92. The summed E-state index contributed by atoms with van der Waals surface area (Å²) in [7, 11) is 1.73. The Kier molecular flexibility index (Phi) is 6.61. The van der Waals surface area contributed by atoms with Gasteiger partial charge >= 0.3 is 0 Å². The van der Waals surface area contributed by atoms with E-state index in [1.54, 1.807) is 18.4 Å². The summed E-state index contributed by atoms with van der Waals surface area (Å²) >= 11 is 1.75. The number of rotatable bonds is 8. The third-order valence-corrected chi connectivity index (χ3v) is 3.55. The highest BCUT2D eigenvalue weighted by atomic mass is 32.1. The van der Waals surface area contributed by atoms with Crippen molar-refractivity contribution in [3.63, 3.8) is 0 Å². The van der Waals surface area contributed by atoms with Crippen molar-refractivity contribution in [2.45, 2.75) is 39.2 Å². The van der Waals surface area contributed by atoms with E-state index >= 15 is 0 Å². The van der Waals surface area contributed by atoms with E-state index in [2.05, 4.69) is 22.6 Å². The lowest BCUT2D eigenvalue weighted by Gasteiger charge is -2.15. The van der Waals surface area contributed by atoms with Gasteiger partial charge in [-0.25, -0.2) is 4.98 Å². The van der Waals surface area contributed by atoms with Gasteiger partial charge in [0.25, 0.3) is 0 Å². The van der Waals surface area contributed by atoms with E-state index < -0.39 is 0 Å². The van der Waals surface area contributed by atoms with Crippen LogP contribution in [0.5, 0.6) is 0 Å². The Morgan fingerprint density at radius 1 is 1.56 bits per heavy atom. The van der Waals surface area contributed by atoms with Crippen LogP contribution in [0.3, 0.4) is 0 Å². The van der Waals surface area contributed by atoms with Gasteiger partial charge in [-0.3, -0.25) is 0 Å². The molecule has 4 heteroatoms. The highest BCUT2D eigenvalue weighted by molar-refractivity contribution is 7.09. The topological polar surface area (TPSA) is 34.1 Å². The number of methoxy groups -OCH3 is 1. The third kappa shape index (κ3) is 4.60. The zero-order valence-electron chi connectivity index (χ0n) is 10.5. The molecule has 1 N–H and O–H groups in total. The Balaban J connectivity index is 2.49. The van der Waals surface area contributed by atoms with E-state index in [9.17, 15) is 0 Å². The number of ether oxygens (including phenoxy) is 1. The van der Waals surface area contributed by atoms with Gasteiger partial charge in [0.05, 0.1) is 12.6 Å². The molecule has 0 fully saturated rings. The average Bonchev–Trinajstić information content (AvgIpc) is 2.70. The lowest BCUT2D eigenvalue weighted by atomic mass is 10.1. The summed E-state index contributed by atoms with van der Waals surface area (Å²) in [5, 5.41) is 6.84. The molecule has 0 amide bonds. The molecule has 1 atom stereocenters. The van der Waals surface area contributed by atoms with Crippen LogP contribution in [0, 0.1) is 6.92 Å². The molecular formula is C12H22N2OS. The van der Waals surface area contributed by atoms with Crippen molar-refractivity contribution in [3.05, 3.63) is 16.1 Å². The van der Waals surface area contributed by atoms with Gasteiger partial charge in [0.2, 0.25) is 0 Å². The number of unbranched alkanes of at least 4 members (excludes halogenated alkanes) is 1. The summed E-state index contributed by atoms with van der Waals surface area (Å²) < 4.78 is 5.06. The van der Waals surface area contributed by atoms with Crippen molar-refractivity contribution < 1.29 is 4.74 Å². The molecular weight excluding hydrogens is 220 g/mol. The maximum absolute atomic E-state index is 5.06. The Morgan fingerprint density at radius 3 is 2.94 bits per heavy atom. The maximum Gasteiger partial charge on any atom is 0.110 e. The van der Waals surface area contributed by atoms with Gasteiger partial charge in [-0.15, -0.1) is 11.3 Å². The van der Waals surface area contributed by atoms with Gasteiger partial charge in [-0.05, 0) is 13.3 Å². The molecule has 1 unspecified atom stereocenters. The van der Waals surface area contributed by atoms with Gasteiger partial charge in [-0.2, -0.15) is 0 Å². The second-order valence-electron chi connectivity index (χ2n) is 3.97. The molecule has 0 spiro atoms. The van der Waals surface area contributed by atoms with Crippen LogP contribution in [0.15, 0.2) is 5.38 Å². The van der Waals surface area contributed by atoms with Crippen LogP contribution in [0.1, 0.15) is 42.9 Å². The Hall–Kier alpha value is -0.450. The number of nitrogens with one attached hydrogen (secondary N) is 1. The number of aromatic nitrogens is 1. The van der Waals surface area contributed by atoms with Gasteiger partial charge in [0.15, 0.2) is 0 Å². The van der Waals surface area contributed by atoms with E-state index in [1.165, 1.54) is 17.8 Å². The summed E-state index contributed by atoms with van der Waals surface area (Å²) in [5.74, 6) is 0. The second kappa shape index (κ2) is 7.76. The first-order valence-corrected chi connectivity index (χ1v) is 6.80. The van der Waals surface area contributed by atoms with Crippen LogP contribution in [0.2, 0.25) is 0 Å². The third-order valence-electron chi connectivity index (χ3n) is 2.48. The highest BCUT2D eigenvalue weighted by Crippen LogP contribution is 2.22. The molecule has 3 nitrogen and oxygen atoms in total. The summed E-state index contributed by atoms with van der Waals surface area (Å²) in [6.07, 6.45) is 3.63. The number of nitrogens with zero attached hydrogens (tertiary/aromatic N) is 1. The van der Waals surface area contributed by atoms with Gasteiger partial charge < -0.3 is 10.1 Å². The van der Waals surface area contributed by atoms with Crippen LogP contribution in [-0.2, 0) is 4.74 Å². The number of aryl methyl sites for hydroxylation is 1. The van der Waals surface area contributed by atoms with Gasteiger partial charge in [-0.1, -0.05) is 19.8 Å². The molecule has 0 aromatic carbocycles. The fourth-order valence-electron chi connectivity index (χ4n) is 1.59. The van der Waals surface area contributed by atoms with Crippen molar-refractivity contribution in [2.75, 3.05) is 20.3 Å². The minimum Gasteiger partial charge on any atom is -0.383 e. The largest absolute Gasteiger partial charge is 0.383 e. The van der Waals surface area contributed by atoms with Gasteiger partial charge in [0.1, 0.15) is 5.01 Å². The van der Waals surface area contributed by atoms with Crippen molar-refractivity contribution in [1.82, 2.24) is 10.3 Å². The zero-order chi connectivity index (χ0) is 11.8. The molecule has 0 saturated carbocycles. The van der Waals surface area contributed by atoms with Crippen molar-refractivity contribution in [1.29, 1.82) is 0 Å². The fraction of sp³-hybridized carbons (Fsp3) is 0.750. The predicted molar refractivity (Wildman–Crippen MR) is 69.0 cm³/mol. The van der Waals surface area contributed by atoms with E-state index in [0.717, 1.165) is 25.3 Å². The first kappa shape index (κ1) is 13.6. The lowest BCUT2D eigenvalue weighted by Crippen LogP contribution is -2.25. The summed E-state index contributed by atoms with van der Waals surface area (Å²) in [4.78, 5) is 4.56. The summed E-state index contributed by atoms with van der Waals surface area (Å²) in [5.41, 5.74) is 1.12. The quantitative estimate of drug-likeness (QED) is 0.712. The Labute approximate surface area is 102 Å². The van der Waals surface area contributed by atoms with E-state index in [0.29, 0.717) is 6.04 Å². The normalized spacial score (nSPS) is 12.9. The zero-order valence-corrected chi connectivity index (χ0v) is 11.3. The lowest BCUT2D eigenvalue weighted by molar-refractivity contribution is 0.195. The SMILES string of the molecule is CCCCC(NCCOC)c1nc(C)cs1. The fourth-order valence-corrected chi connectivity index (χ4v) is 2.49. The van der Waals surface area contributed by atoms with Crippen molar-refractivity contribution >= 4 is 11.3 Å². The molecule has 1 aromatic rings. The maximum atomic E-state index is 5.06. The first-order chi connectivity index (χ1) is 7.77. The van der Waals surface area contributed by atoms with Crippen LogP contribution >= 0.6 is 11.3 Å². The highest BCUT2D eigenvalue weighted by Gasteiger charge is 2.13. The monoisotopic (exact) mass is 242 g/mol. The standard InChI is InChI=1S/C12H22N2OS/c1-4-5-6-11(13-7-8-15-3)12-14-10(2)9-16-12/h9,11,13H,4-8H2,1-3H3. The molecule has 1 rings (SSSR count). The minimum atomic E-state index is 0.397. The molecule has 92 valence electrons. The number of hydrogen-bond donors (Lipinski definition) is 1. The van der Waals surface area contributed by atoms with Gasteiger partial charge in [0, 0.05) is 24.7 Å². The number of hydrogen-bond acceptors (Lipinski definition) is 4. The molecule has 16 heavy (non-hydrogen) atoms.